The summed E-state index contributed by atoms with van der Waals surface area (Å²) in [6, 6.07) is 4.04. The molecular weight excluding hydrogens is 432 g/mol. The summed E-state index contributed by atoms with van der Waals surface area (Å²) in [7, 11) is 1.37. The highest BCUT2D eigenvalue weighted by atomic mass is 79.9. The number of methoxy groups -OCH3 is 1. The van der Waals surface area contributed by atoms with Crippen LogP contribution in [-0.4, -0.2) is 32.1 Å². The number of carbonyl (C=O) groups excluding carboxylic acids is 2. The van der Waals surface area contributed by atoms with Crippen LogP contribution in [0, 0.1) is 19.8 Å². The average Bonchev–Trinajstić information content (AvgIpc) is 3.49. The van der Waals surface area contributed by atoms with Crippen molar-refractivity contribution >= 4 is 27.7 Å². The Morgan fingerprint density at radius 3 is 2.34 bits per heavy atom. The third-order valence-corrected chi connectivity index (χ3v) is 7.00. The second kappa shape index (κ2) is 10.7. The molecule has 0 bridgehead atoms. The quantitative estimate of drug-likeness (QED) is 0.395. The summed E-state index contributed by atoms with van der Waals surface area (Å²) in [6.45, 7) is 9.90. The highest BCUT2D eigenvalue weighted by Gasteiger charge is 2.51. The Morgan fingerprint density at radius 1 is 1.24 bits per heavy atom. The summed E-state index contributed by atoms with van der Waals surface area (Å²) in [4.78, 5) is 23.4. The number of hydrogen-bond acceptors (Lipinski definition) is 4. The largest absolute Gasteiger partial charge is 0.468 e. The summed E-state index contributed by atoms with van der Waals surface area (Å²) in [6.07, 6.45) is 7.07. The third-order valence-electron chi connectivity index (χ3n) is 6.13. The molecule has 1 saturated carbocycles. The molecule has 1 aliphatic heterocycles. The number of alkyl halides is 1. The minimum Gasteiger partial charge on any atom is -0.468 e. The maximum Gasteiger partial charge on any atom is 0.324 e. The smallest absolute Gasteiger partial charge is 0.324 e. The van der Waals surface area contributed by atoms with Crippen LogP contribution >= 0.6 is 15.9 Å². The molecule has 162 valence electrons. The molecule has 2 aliphatic rings. The Morgan fingerprint density at radius 2 is 1.86 bits per heavy atom. The van der Waals surface area contributed by atoms with Crippen LogP contribution in [0.25, 0.3) is 0 Å². The molecule has 0 spiro atoms. The van der Waals surface area contributed by atoms with Crippen LogP contribution in [0.4, 0.5) is 0 Å². The maximum absolute atomic E-state index is 12.0. The van der Waals surface area contributed by atoms with Gasteiger partial charge in [0.1, 0.15) is 10.6 Å². The number of esters is 1. The lowest BCUT2D eigenvalue weighted by atomic mass is 9.83. The number of benzene rings is 1. The monoisotopic (exact) mass is 466 g/mol. The molecule has 1 unspecified atom stereocenters. The molecule has 5 heteroatoms. The van der Waals surface area contributed by atoms with Crippen molar-refractivity contribution in [1.82, 2.24) is 0 Å². The molecule has 1 heterocycles. The molecule has 3 rings (SSSR count). The minimum atomic E-state index is -0.530. The first-order valence-corrected chi connectivity index (χ1v) is 11.6. The number of ether oxygens (including phenoxy) is 2. The van der Waals surface area contributed by atoms with Gasteiger partial charge in [-0.05, 0) is 69.1 Å². The van der Waals surface area contributed by atoms with Crippen LogP contribution in [0.5, 0.6) is 0 Å². The number of hydrogen-bond donors (Lipinski definition) is 0. The van der Waals surface area contributed by atoms with Gasteiger partial charge in [0.15, 0.2) is 0 Å². The molecule has 4 nitrogen and oxygen atoms in total. The molecule has 0 aromatic heterocycles. The van der Waals surface area contributed by atoms with E-state index in [9.17, 15) is 9.59 Å². The van der Waals surface area contributed by atoms with Crippen LogP contribution < -0.4 is 0 Å². The molecule has 1 atom stereocenters. The van der Waals surface area contributed by atoms with Gasteiger partial charge in [0, 0.05) is 13.2 Å². The fourth-order valence-corrected chi connectivity index (χ4v) is 4.98. The first-order chi connectivity index (χ1) is 13.8. The Labute approximate surface area is 183 Å². The van der Waals surface area contributed by atoms with Gasteiger partial charge >= 0.3 is 5.97 Å². The van der Waals surface area contributed by atoms with Gasteiger partial charge in [-0.1, -0.05) is 53.4 Å². The second-order valence-electron chi connectivity index (χ2n) is 8.41. The van der Waals surface area contributed by atoms with E-state index in [1.807, 2.05) is 19.9 Å². The van der Waals surface area contributed by atoms with Crippen LogP contribution in [-0.2, 0) is 24.5 Å². The summed E-state index contributed by atoms with van der Waals surface area (Å²) in [5.41, 5.74) is 3.62. The number of halogens is 1. The maximum atomic E-state index is 12.0. The van der Waals surface area contributed by atoms with Crippen LogP contribution in [0.15, 0.2) is 12.1 Å². The zero-order valence-electron chi connectivity index (χ0n) is 18.5. The Bertz CT molecular complexity index is 715. The molecular formula is C24H35BrO4. The number of Topliss-reactive ketones (excluding diaryl/α,β-unsaturated/α-hetero) is 1. The lowest BCUT2D eigenvalue weighted by Crippen LogP contribution is -2.23. The molecule has 2 fully saturated rings. The van der Waals surface area contributed by atoms with E-state index in [1.165, 1.54) is 32.8 Å². The molecule has 1 aromatic rings. The van der Waals surface area contributed by atoms with Crippen molar-refractivity contribution in [2.24, 2.45) is 5.92 Å². The van der Waals surface area contributed by atoms with Crippen molar-refractivity contribution in [2.45, 2.75) is 76.5 Å². The number of carbonyl (C=O) groups is 2. The van der Waals surface area contributed by atoms with Crippen LogP contribution in [0.2, 0.25) is 0 Å². The van der Waals surface area contributed by atoms with Gasteiger partial charge in [0.25, 0.3) is 0 Å². The Balaban J connectivity index is 0.000000278. The highest BCUT2D eigenvalue weighted by Crippen LogP contribution is 2.53. The zero-order chi connectivity index (χ0) is 21.6. The highest BCUT2D eigenvalue weighted by molar-refractivity contribution is 9.09. The molecule has 0 amide bonds. The molecule has 0 radical (unpaired) electrons. The second-order valence-corrected chi connectivity index (χ2v) is 9.33. The summed E-state index contributed by atoms with van der Waals surface area (Å²) >= 11 is 3.41. The SMILES string of the molecule is CCCC1CCOCC1.COC(=O)C(Br)c1cc(C)cc(C)c1C1(C(C)=O)CC1. The molecule has 1 aromatic carbocycles. The van der Waals surface area contributed by atoms with Gasteiger partial charge < -0.3 is 9.47 Å². The van der Waals surface area contributed by atoms with Gasteiger partial charge in [-0.25, -0.2) is 0 Å². The van der Waals surface area contributed by atoms with E-state index in [0.717, 1.165) is 54.2 Å². The van der Waals surface area contributed by atoms with E-state index in [4.69, 9.17) is 9.47 Å². The van der Waals surface area contributed by atoms with Gasteiger partial charge in [0.2, 0.25) is 0 Å². The summed E-state index contributed by atoms with van der Waals surface area (Å²) in [5, 5.41) is 0. The molecule has 1 saturated heterocycles. The summed E-state index contributed by atoms with van der Waals surface area (Å²) in [5.74, 6) is 0.814. The normalized spacial score (nSPS) is 19.0. The number of ketones is 1. The first-order valence-electron chi connectivity index (χ1n) is 10.7. The van der Waals surface area contributed by atoms with Gasteiger partial charge in [0.05, 0.1) is 12.5 Å². The Hall–Kier alpha value is -1.20. The van der Waals surface area contributed by atoms with Crippen molar-refractivity contribution in [3.05, 3.63) is 34.4 Å². The predicted molar refractivity (Wildman–Crippen MR) is 120 cm³/mol. The van der Waals surface area contributed by atoms with Gasteiger partial charge in [-0.2, -0.15) is 0 Å². The van der Waals surface area contributed by atoms with Crippen LogP contribution in [0.3, 0.4) is 0 Å². The van der Waals surface area contributed by atoms with Crippen LogP contribution in [0.1, 0.15) is 79.5 Å². The summed E-state index contributed by atoms with van der Waals surface area (Å²) < 4.78 is 10.1. The van der Waals surface area contributed by atoms with Gasteiger partial charge in [-0.3, -0.25) is 9.59 Å². The first kappa shape index (κ1) is 24.1. The molecule has 0 N–H and O–H groups in total. The van der Waals surface area contributed by atoms with Crippen molar-refractivity contribution in [2.75, 3.05) is 20.3 Å². The molecule has 29 heavy (non-hydrogen) atoms. The standard InChI is InChI=1S/C16H19BrO3.C8H16O/c1-9-7-10(2)13(16(5-6-16)11(3)18)12(8-9)14(17)15(19)20-4;1-2-3-8-4-6-9-7-5-8/h7-8,14H,5-6H2,1-4H3;8H,2-7H2,1H3. The number of rotatable bonds is 6. The third kappa shape index (κ3) is 5.91. The van der Waals surface area contributed by atoms with E-state index in [-0.39, 0.29) is 11.8 Å². The van der Waals surface area contributed by atoms with E-state index >= 15 is 0 Å². The average molecular weight is 467 g/mol. The van der Waals surface area contributed by atoms with Crippen molar-refractivity contribution in [1.29, 1.82) is 0 Å². The van der Waals surface area contributed by atoms with E-state index in [2.05, 4.69) is 28.9 Å². The fourth-order valence-electron chi connectivity index (χ4n) is 4.43. The zero-order valence-corrected chi connectivity index (χ0v) is 20.1. The number of aryl methyl sites for hydroxylation is 2. The topological polar surface area (TPSA) is 52.6 Å². The van der Waals surface area contributed by atoms with Gasteiger partial charge in [-0.15, -0.1) is 0 Å². The minimum absolute atomic E-state index is 0.176. The lowest BCUT2D eigenvalue weighted by Gasteiger charge is -2.22. The van der Waals surface area contributed by atoms with Crippen molar-refractivity contribution < 1.29 is 19.1 Å². The van der Waals surface area contributed by atoms with E-state index in [1.54, 1.807) is 6.92 Å². The molecule has 1 aliphatic carbocycles. The van der Waals surface area contributed by atoms with Crippen molar-refractivity contribution in [3.8, 4) is 0 Å². The van der Waals surface area contributed by atoms with E-state index < -0.39 is 10.2 Å². The lowest BCUT2D eigenvalue weighted by molar-refractivity contribution is -0.140. The fraction of sp³-hybridized carbons (Fsp3) is 0.667. The predicted octanol–water partition coefficient (Wildman–Crippen LogP) is 5.75. The Kier molecular flexibility index (Phi) is 8.90. The van der Waals surface area contributed by atoms with E-state index in [0.29, 0.717) is 0 Å². The van der Waals surface area contributed by atoms with Crippen molar-refractivity contribution in [3.63, 3.8) is 0 Å².